The van der Waals surface area contributed by atoms with Gasteiger partial charge in [0.05, 0.1) is 11.5 Å². The molecular formula is C10H12N2O3S. The molecule has 6 heteroatoms. The summed E-state index contributed by atoms with van der Waals surface area (Å²) in [5.41, 5.74) is 0.312. The van der Waals surface area contributed by atoms with Gasteiger partial charge in [0.1, 0.15) is 5.69 Å². The van der Waals surface area contributed by atoms with Crippen molar-refractivity contribution in [2.45, 2.75) is 12.5 Å². The normalized spacial score (nSPS) is 22.9. The van der Waals surface area contributed by atoms with Crippen molar-refractivity contribution in [1.29, 1.82) is 0 Å². The van der Waals surface area contributed by atoms with Crippen molar-refractivity contribution in [2.24, 2.45) is 0 Å². The molecule has 0 aromatic carbocycles. The van der Waals surface area contributed by atoms with Crippen LogP contribution < -0.4 is 5.32 Å². The van der Waals surface area contributed by atoms with Gasteiger partial charge in [-0.3, -0.25) is 9.78 Å². The molecule has 1 fully saturated rings. The minimum Gasteiger partial charge on any atom is -0.347 e. The summed E-state index contributed by atoms with van der Waals surface area (Å²) in [6, 6.07) is 4.75. The minimum absolute atomic E-state index is 0.0333. The number of nitrogens with zero attached hydrogens (tertiary/aromatic N) is 1. The summed E-state index contributed by atoms with van der Waals surface area (Å²) in [6.07, 6.45) is 2.02. The largest absolute Gasteiger partial charge is 0.347 e. The Morgan fingerprint density at radius 3 is 2.81 bits per heavy atom. The molecule has 0 aliphatic carbocycles. The van der Waals surface area contributed by atoms with Crippen LogP contribution >= 0.6 is 0 Å². The first-order valence-corrected chi connectivity index (χ1v) is 6.81. The number of rotatable bonds is 2. The van der Waals surface area contributed by atoms with Crippen LogP contribution in [-0.4, -0.2) is 36.9 Å². The molecule has 2 rings (SSSR count). The van der Waals surface area contributed by atoms with Gasteiger partial charge in [-0.25, -0.2) is 8.42 Å². The first kappa shape index (κ1) is 11.1. The van der Waals surface area contributed by atoms with Gasteiger partial charge in [0.15, 0.2) is 9.84 Å². The van der Waals surface area contributed by atoms with Gasteiger partial charge >= 0.3 is 0 Å². The zero-order valence-corrected chi connectivity index (χ0v) is 9.40. The van der Waals surface area contributed by atoms with E-state index in [2.05, 4.69) is 10.3 Å². The van der Waals surface area contributed by atoms with Gasteiger partial charge in [-0.15, -0.1) is 0 Å². The number of carbonyl (C=O) groups is 1. The van der Waals surface area contributed by atoms with Gasteiger partial charge in [0, 0.05) is 12.2 Å². The molecule has 1 atom stereocenters. The molecule has 16 heavy (non-hydrogen) atoms. The molecule has 1 N–H and O–H groups in total. The Morgan fingerprint density at radius 2 is 2.25 bits per heavy atom. The second-order valence-corrected chi connectivity index (χ2v) is 6.02. The van der Waals surface area contributed by atoms with Crippen LogP contribution in [0.15, 0.2) is 24.4 Å². The average Bonchev–Trinajstić information content (AvgIpc) is 2.59. The highest BCUT2D eigenvalue weighted by Gasteiger charge is 2.29. The van der Waals surface area contributed by atoms with E-state index >= 15 is 0 Å². The Morgan fingerprint density at radius 1 is 1.44 bits per heavy atom. The maximum Gasteiger partial charge on any atom is 0.270 e. The SMILES string of the molecule is O=C(N[C@H]1CCS(=O)(=O)C1)c1ccccn1. The standard InChI is InChI=1S/C10H12N2O3S/c13-10(9-3-1-2-5-11-9)12-8-4-6-16(14,15)7-8/h1-3,5,8H,4,6-7H2,(H,12,13)/t8-/m0/s1. The summed E-state index contributed by atoms with van der Waals surface area (Å²) in [5.74, 6) is -0.131. The van der Waals surface area contributed by atoms with Crippen molar-refractivity contribution < 1.29 is 13.2 Å². The average molecular weight is 240 g/mol. The molecular weight excluding hydrogens is 228 g/mol. The Kier molecular flexibility index (Phi) is 2.91. The second kappa shape index (κ2) is 4.21. The summed E-state index contributed by atoms with van der Waals surface area (Å²) in [5, 5.41) is 2.67. The fraction of sp³-hybridized carbons (Fsp3) is 0.400. The smallest absolute Gasteiger partial charge is 0.270 e. The van der Waals surface area contributed by atoms with E-state index in [-0.39, 0.29) is 23.5 Å². The Hall–Kier alpha value is -1.43. The number of sulfone groups is 1. The molecule has 1 aromatic heterocycles. The molecule has 1 aromatic rings. The molecule has 86 valence electrons. The van der Waals surface area contributed by atoms with Crippen LogP contribution in [0, 0.1) is 0 Å². The van der Waals surface area contributed by atoms with E-state index in [9.17, 15) is 13.2 Å². The molecule has 2 heterocycles. The van der Waals surface area contributed by atoms with Gasteiger partial charge in [-0.1, -0.05) is 6.07 Å². The Labute approximate surface area is 93.8 Å². The van der Waals surface area contributed by atoms with Crippen LogP contribution in [0.3, 0.4) is 0 Å². The lowest BCUT2D eigenvalue weighted by Crippen LogP contribution is -2.35. The molecule has 1 saturated heterocycles. The molecule has 0 radical (unpaired) electrons. The van der Waals surface area contributed by atoms with Crippen LogP contribution in [0.5, 0.6) is 0 Å². The first-order chi connectivity index (χ1) is 7.57. The zero-order valence-electron chi connectivity index (χ0n) is 8.59. The van der Waals surface area contributed by atoms with Gasteiger partial charge in [-0.05, 0) is 18.6 Å². The predicted molar refractivity (Wildman–Crippen MR) is 58.8 cm³/mol. The van der Waals surface area contributed by atoms with Crippen LogP contribution in [-0.2, 0) is 9.84 Å². The topological polar surface area (TPSA) is 76.1 Å². The fourth-order valence-electron chi connectivity index (χ4n) is 1.67. The summed E-state index contributed by atoms with van der Waals surface area (Å²) in [4.78, 5) is 15.5. The highest BCUT2D eigenvalue weighted by atomic mass is 32.2. The number of hydrogen-bond acceptors (Lipinski definition) is 4. The number of nitrogens with one attached hydrogen (secondary N) is 1. The van der Waals surface area contributed by atoms with Crippen molar-refractivity contribution in [3.63, 3.8) is 0 Å². The summed E-state index contributed by atoms with van der Waals surface area (Å²) in [7, 11) is -2.96. The maximum absolute atomic E-state index is 11.6. The molecule has 0 unspecified atom stereocenters. The Balaban J connectivity index is 1.99. The molecule has 0 saturated carbocycles. The van der Waals surface area contributed by atoms with E-state index < -0.39 is 9.84 Å². The lowest BCUT2D eigenvalue weighted by atomic mass is 10.2. The minimum atomic E-state index is -2.96. The highest BCUT2D eigenvalue weighted by molar-refractivity contribution is 7.91. The van der Waals surface area contributed by atoms with Crippen molar-refractivity contribution in [2.75, 3.05) is 11.5 Å². The van der Waals surface area contributed by atoms with Gasteiger partial charge in [0.2, 0.25) is 0 Å². The third kappa shape index (κ3) is 2.57. The fourth-order valence-corrected chi connectivity index (χ4v) is 3.34. The molecule has 1 aliphatic rings. The van der Waals surface area contributed by atoms with Gasteiger partial charge in [0.25, 0.3) is 5.91 Å². The van der Waals surface area contributed by atoms with E-state index in [1.165, 1.54) is 6.20 Å². The van der Waals surface area contributed by atoms with Crippen LogP contribution in [0.2, 0.25) is 0 Å². The maximum atomic E-state index is 11.6. The number of carbonyl (C=O) groups excluding carboxylic acids is 1. The first-order valence-electron chi connectivity index (χ1n) is 4.99. The second-order valence-electron chi connectivity index (χ2n) is 3.79. The summed E-state index contributed by atoms with van der Waals surface area (Å²) in [6.45, 7) is 0. The monoisotopic (exact) mass is 240 g/mol. The van der Waals surface area contributed by atoms with E-state index in [0.717, 1.165) is 0 Å². The van der Waals surface area contributed by atoms with Crippen LogP contribution in [0.4, 0.5) is 0 Å². The molecule has 5 nitrogen and oxygen atoms in total. The third-order valence-corrected chi connectivity index (χ3v) is 4.23. The van der Waals surface area contributed by atoms with Crippen molar-refractivity contribution in [3.05, 3.63) is 30.1 Å². The van der Waals surface area contributed by atoms with Crippen LogP contribution in [0.25, 0.3) is 0 Å². The van der Waals surface area contributed by atoms with E-state index in [0.29, 0.717) is 12.1 Å². The van der Waals surface area contributed by atoms with Crippen molar-refractivity contribution in [3.8, 4) is 0 Å². The quantitative estimate of drug-likeness (QED) is 0.789. The highest BCUT2D eigenvalue weighted by Crippen LogP contribution is 2.11. The van der Waals surface area contributed by atoms with E-state index in [4.69, 9.17) is 0 Å². The number of aromatic nitrogens is 1. The molecule has 0 spiro atoms. The lowest BCUT2D eigenvalue weighted by Gasteiger charge is -2.09. The zero-order chi connectivity index (χ0) is 11.6. The lowest BCUT2D eigenvalue weighted by molar-refractivity contribution is 0.0936. The van der Waals surface area contributed by atoms with Gasteiger partial charge < -0.3 is 5.32 Å². The molecule has 1 aliphatic heterocycles. The molecule has 1 amide bonds. The molecule has 0 bridgehead atoms. The Bertz CT molecular complexity index is 484. The van der Waals surface area contributed by atoms with Crippen molar-refractivity contribution in [1.82, 2.24) is 10.3 Å². The number of amides is 1. The predicted octanol–water partition coefficient (Wildman–Crippen LogP) is -0.00150. The van der Waals surface area contributed by atoms with E-state index in [1.54, 1.807) is 18.2 Å². The summed E-state index contributed by atoms with van der Waals surface area (Å²) < 4.78 is 22.4. The number of hydrogen-bond donors (Lipinski definition) is 1. The van der Waals surface area contributed by atoms with E-state index in [1.807, 2.05) is 0 Å². The van der Waals surface area contributed by atoms with Crippen LogP contribution in [0.1, 0.15) is 16.9 Å². The number of pyridine rings is 1. The summed E-state index contributed by atoms with van der Waals surface area (Å²) >= 11 is 0. The third-order valence-electron chi connectivity index (χ3n) is 2.47. The van der Waals surface area contributed by atoms with Crippen molar-refractivity contribution >= 4 is 15.7 Å². The van der Waals surface area contributed by atoms with Gasteiger partial charge in [-0.2, -0.15) is 0 Å².